The Balaban J connectivity index is 1.68. The van der Waals surface area contributed by atoms with E-state index in [0.29, 0.717) is 17.5 Å². The second-order valence-corrected chi connectivity index (χ2v) is 6.60. The first kappa shape index (κ1) is 21.4. The van der Waals surface area contributed by atoms with Gasteiger partial charge in [0.15, 0.2) is 16.6 Å². The number of hydrazone groups is 1. The molecule has 1 heterocycles. The summed E-state index contributed by atoms with van der Waals surface area (Å²) in [6.45, 7) is 8.29. The number of thiocarbonyl (C=S) groups is 1. The molecule has 2 rings (SSSR count). The van der Waals surface area contributed by atoms with Gasteiger partial charge < -0.3 is 19.5 Å². The molecular formula is C19H30N4O3S. The number of ether oxygens (including phenoxy) is 3. The largest absolute Gasteiger partial charge is 0.493 e. The number of hydrogen-bond donors (Lipinski definition) is 2. The number of nitrogens with one attached hydrogen (secondary N) is 2. The van der Waals surface area contributed by atoms with Gasteiger partial charge >= 0.3 is 0 Å². The molecule has 150 valence electrons. The van der Waals surface area contributed by atoms with Crippen LogP contribution in [-0.2, 0) is 4.74 Å². The van der Waals surface area contributed by atoms with Crippen LogP contribution in [0.25, 0.3) is 0 Å². The highest BCUT2D eigenvalue weighted by Crippen LogP contribution is 2.27. The van der Waals surface area contributed by atoms with Gasteiger partial charge in [-0.2, -0.15) is 5.10 Å². The maximum atomic E-state index is 5.65. The molecule has 1 aromatic carbocycles. The van der Waals surface area contributed by atoms with E-state index in [1.54, 1.807) is 13.3 Å². The van der Waals surface area contributed by atoms with E-state index in [9.17, 15) is 0 Å². The summed E-state index contributed by atoms with van der Waals surface area (Å²) in [5.74, 6) is 1.43. The molecule has 7 nitrogen and oxygen atoms in total. The lowest BCUT2D eigenvalue weighted by atomic mass is 10.2. The Hall–Kier alpha value is -1.90. The highest BCUT2D eigenvalue weighted by molar-refractivity contribution is 7.80. The van der Waals surface area contributed by atoms with Crippen LogP contribution in [0.5, 0.6) is 11.5 Å². The van der Waals surface area contributed by atoms with Gasteiger partial charge in [0.2, 0.25) is 0 Å². The Morgan fingerprint density at radius 3 is 2.89 bits per heavy atom. The van der Waals surface area contributed by atoms with Gasteiger partial charge in [0.25, 0.3) is 0 Å². The lowest BCUT2D eigenvalue weighted by molar-refractivity contribution is 0.0376. The SMILES string of the molecule is CCCOc1ccc(/C=N/NC(=S)NCCCN2CCOCC2)cc1OC. The minimum atomic E-state index is 0.517. The maximum Gasteiger partial charge on any atom is 0.186 e. The van der Waals surface area contributed by atoms with Crippen molar-refractivity contribution in [1.82, 2.24) is 15.6 Å². The van der Waals surface area contributed by atoms with Crippen molar-refractivity contribution < 1.29 is 14.2 Å². The van der Waals surface area contributed by atoms with Crippen molar-refractivity contribution in [3.8, 4) is 11.5 Å². The third-order valence-electron chi connectivity index (χ3n) is 4.07. The molecule has 8 heteroatoms. The predicted molar refractivity (Wildman–Crippen MR) is 112 cm³/mol. The molecule has 1 aromatic rings. The third kappa shape index (κ3) is 8.11. The van der Waals surface area contributed by atoms with Gasteiger partial charge in [-0.15, -0.1) is 0 Å². The summed E-state index contributed by atoms with van der Waals surface area (Å²) >= 11 is 5.24. The van der Waals surface area contributed by atoms with E-state index in [-0.39, 0.29) is 0 Å². The van der Waals surface area contributed by atoms with Crippen LogP contribution in [0.15, 0.2) is 23.3 Å². The number of benzene rings is 1. The summed E-state index contributed by atoms with van der Waals surface area (Å²) in [7, 11) is 1.63. The zero-order valence-corrected chi connectivity index (χ0v) is 17.0. The van der Waals surface area contributed by atoms with Crippen LogP contribution in [0.1, 0.15) is 25.3 Å². The molecule has 0 bridgehead atoms. The fourth-order valence-electron chi connectivity index (χ4n) is 2.63. The van der Waals surface area contributed by atoms with Gasteiger partial charge in [0.1, 0.15) is 0 Å². The molecule has 0 spiro atoms. The van der Waals surface area contributed by atoms with E-state index in [4.69, 9.17) is 26.4 Å². The normalized spacial score (nSPS) is 14.9. The number of morpholine rings is 1. The summed E-state index contributed by atoms with van der Waals surface area (Å²) in [6, 6.07) is 5.70. The average Bonchev–Trinajstić information content (AvgIpc) is 2.71. The molecule has 1 saturated heterocycles. The fourth-order valence-corrected chi connectivity index (χ4v) is 2.78. The monoisotopic (exact) mass is 394 g/mol. The van der Waals surface area contributed by atoms with Gasteiger partial charge in [0.05, 0.1) is 33.1 Å². The minimum Gasteiger partial charge on any atom is -0.493 e. The minimum absolute atomic E-state index is 0.517. The molecule has 0 saturated carbocycles. The number of hydrogen-bond acceptors (Lipinski definition) is 6. The standard InChI is InChI=1S/C19H30N4O3S/c1-3-11-26-17-6-5-16(14-18(17)24-2)15-21-22-19(27)20-7-4-8-23-9-12-25-13-10-23/h5-6,14-15H,3-4,7-13H2,1-2H3,(H2,20,22,27)/b21-15+. The quantitative estimate of drug-likeness (QED) is 0.272. The van der Waals surface area contributed by atoms with Crippen LogP contribution in [0.2, 0.25) is 0 Å². The first-order valence-corrected chi connectivity index (χ1v) is 9.81. The first-order valence-electron chi connectivity index (χ1n) is 9.40. The third-order valence-corrected chi connectivity index (χ3v) is 4.31. The number of methoxy groups -OCH3 is 1. The highest BCUT2D eigenvalue weighted by atomic mass is 32.1. The zero-order chi connectivity index (χ0) is 19.3. The molecule has 0 amide bonds. The van der Waals surface area contributed by atoms with Crippen LogP contribution < -0.4 is 20.2 Å². The van der Waals surface area contributed by atoms with Crippen LogP contribution in [0.4, 0.5) is 0 Å². The molecule has 0 aromatic heterocycles. The molecule has 0 radical (unpaired) electrons. The van der Waals surface area contributed by atoms with Crippen molar-refractivity contribution >= 4 is 23.5 Å². The van der Waals surface area contributed by atoms with Crippen molar-refractivity contribution in [2.24, 2.45) is 5.10 Å². The number of nitrogens with zero attached hydrogens (tertiary/aromatic N) is 2. The summed E-state index contributed by atoms with van der Waals surface area (Å²) in [4.78, 5) is 2.40. The fraction of sp³-hybridized carbons (Fsp3) is 0.579. The second kappa shape index (κ2) is 12.5. The van der Waals surface area contributed by atoms with Crippen molar-refractivity contribution in [1.29, 1.82) is 0 Å². The van der Waals surface area contributed by atoms with E-state index in [1.165, 1.54) is 0 Å². The van der Waals surface area contributed by atoms with Crippen molar-refractivity contribution in [3.63, 3.8) is 0 Å². The Labute approximate surface area is 167 Å². The van der Waals surface area contributed by atoms with Crippen LogP contribution in [0, 0.1) is 0 Å². The Morgan fingerprint density at radius 2 is 2.15 bits per heavy atom. The molecular weight excluding hydrogens is 364 g/mol. The lowest BCUT2D eigenvalue weighted by Gasteiger charge is -2.26. The van der Waals surface area contributed by atoms with Crippen molar-refractivity contribution in [3.05, 3.63) is 23.8 Å². The van der Waals surface area contributed by atoms with Gasteiger partial charge in [0, 0.05) is 19.6 Å². The van der Waals surface area contributed by atoms with Gasteiger partial charge in [-0.3, -0.25) is 10.3 Å². The molecule has 1 aliphatic heterocycles. The van der Waals surface area contributed by atoms with Crippen molar-refractivity contribution in [2.75, 3.05) is 53.1 Å². The first-order chi connectivity index (χ1) is 13.2. The summed E-state index contributed by atoms with van der Waals surface area (Å²) < 4.78 is 16.4. The molecule has 0 unspecified atom stereocenters. The summed E-state index contributed by atoms with van der Waals surface area (Å²) in [5.41, 5.74) is 3.74. The van der Waals surface area contributed by atoms with E-state index >= 15 is 0 Å². The molecule has 1 fully saturated rings. The van der Waals surface area contributed by atoms with Gasteiger partial charge in [-0.1, -0.05) is 6.92 Å². The second-order valence-electron chi connectivity index (χ2n) is 6.19. The van der Waals surface area contributed by atoms with Crippen LogP contribution in [0.3, 0.4) is 0 Å². The predicted octanol–water partition coefficient (Wildman–Crippen LogP) is 2.00. The summed E-state index contributed by atoms with van der Waals surface area (Å²) in [6.07, 6.45) is 3.68. The van der Waals surface area contributed by atoms with E-state index in [0.717, 1.165) is 63.5 Å². The number of rotatable bonds is 10. The highest BCUT2D eigenvalue weighted by Gasteiger charge is 2.09. The topological polar surface area (TPSA) is 67.4 Å². The molecule has 0 aliphatic carbocycles. The van der Waals surface area contributed by atoms with E-state index in [1.807, 2.05) is 18.2 Å². The van der Waals surface area contributed by atoms with Gasteiger partial charge in [-0.05, 0) is 55.4 Å². The maximum absolute atomic E-state index is 5.65. The molecule has 1 aliphatic rings. The van der Waals surface area contributed by atoms with Gasteiger partial charge in [-0.25, -0.2) is 0 Å². The van der Waals surface area contributed by atoms with Crippen LogP contribution in [-0.4, -0.2) is 69.3 Å². The summed E-state index contributed by atoms with van der Waals surface area (Å²) in [5, 5.41) is 7.86. The molecule has 27 heavy (non-hydrogen) atoms. The Bertz CT molecular complexity index is 607. The smallest absolute Gasteiger partial charge is 0.186 e. The zero-order valence-electron chi connectivity index (χ0n) is 16.2. The molecule has 0 atom stereocenters. The molecule has 2 N–H and O–H groups in total. The van der Waals surface area contributed by atoms with E-state index in [2.05, 4.69) is 27.7 Å². The van der Waals surface area contributed by atoms with E-state index < -0.39 is 0 Å². The van der Waals surface area contributed by atoms with Crippen LogP contribution >= 0.6 is 12.2 Å². The Morgan fingerprint density at radius 1 is 1.33 bits per heavy atom. The average molecular weight is 395 g/mol. The Kier molecular flexibility index (Phi) is 9.89. The lowest BCUT2D eigenvalue weighted by Crippen LogP contribution is -2.39. The van der Waals surface area contributed by atoms with Crippen molar-refractivity contribution in [2.45, 2.75) is 19.8 Å².